The number of aromatic nitrogens is 1. The summed E-state index contributed by atoms with van der Waals surface area (Å²) >= 11 is 1.84. The first-order chi connectivity index (χ1) is 24.7. The number of fused-ring (bicyclic) bond motifs is 2. The number of phenolic OH excluding ortho intramolecular Hbond substituents is 1. The van der Waals surface area contributed by atoms with Crippen molar-refractivity contribution in [1.82, 2.24) is 10.3 Å². The Hall–Kier alpha value is -4.48. The Kier molecular flexibility index (Phi) is 13.8. The number of pyridine rings is 1. The van der Waals surface area contributed by atoms with E-state index in [4.69, 9.17) is 15.2 Å². The number of rotatable bonds is 20. The van der Waals surface area contributed by atoms with Crippen LogP contribution in [-0.2, 0) is 4.79 Å². The molecule has 2 amide bonds. The number of hydrogen-bond donors (Lipinski definition) is 5. The third-order valence-electron chi connectivity index (χ3n) is 9.21. The van der Waals surface area contributed by atoms with Crippen molar-refractivity contribution in [2.24, 2.45) is 5.73 Å². The zero-order valence-corrected chi connectivity index (χ0v) is 30.8. The van der Waals surface area contributed by atoms with Gasteiger partial charge in [-0.3, -0.25) is 14.6 Å². The minimum absolute atomic E-state index is 0.00282. The fraction of sp³-hybridized carbons (Fsp3) is 0.425. The Morgan fingerprint density at radius 2 is 1.80 bits per heavy atom. The molecule has 4 aromatic rings. The molecule has 0 saturated heterocycles. The van der Waals surface area contributed by atoms with Crippen molar-refractivity contribution in [1.29, 1.82) is 0 Å². The quantitative estimate of drug-likeness (QED) is 0.0450. The van der Waals surface area contributed by atoms with Crippen LogP contribution in [0.15, 0.2) is 59.6 Å². The number of primary amides is 1. The fourth-order valence-corrected chi connectivity index (χ4v) is 7.53. The van der Waals surface area contributed by atoms with E-state index in [1.807, 2.05) is 36.0 Å². The number of nitrogens with two attached hydrogens (primary N) is 1. The van der Waals surface area contributed by atoms with Gasteiger partial charge in [-0.15, -0.1) is 11.8 Å². The number of carbonyl (C=O) groups excluding carboxylic acids is 2. The van der Waals surface area contributed by atoms with Crippen LogP contribution in [0.5, 0.6) is 17.2 Å². The third-order valence-corrected chi connectivity index (χ3v) is 10.3. The van der Waals surface area contributed by atoms with Gasteiger partial charge in [0.15, 0.2) is 6.61 Å². The van der Waals surface area contributed by atoms with Gasteiger partial charge in [-0.1, -0.05) is 57.9 Å². The van der Waals surface area contributed by atoms with E-state index in [9.17, 15) is 14.7 Å². The number of anilines is 3. The zero-order valence-electron chi connectivity index (χ0n) is 30.0. The summed E-state index contributed by atoms with van der Waals surface area (Å²) in [5, 5.41) is 20.7. The average Bonchev–Trinajstić information content (AvgIpc) is 3.11. The van der Waals surface area contributed by atoms with Crippen LogP contribution in [0.25, 0.3) is 10.9 Å². The molecule has 0 bridgehead atoms. The van der Waals surface area contributed by atoms with E-state index in [0.29, 0.717) is 22.7 Å². The molecule has 5 rings (SSSR count). The lowest BCUT2D eigenvalue weighted by atomic mass is 9.98. The van der Waals surface area contributed by atoms with Crippen molar-refractivity contribution >= 4 is 51.5 Å². The Morgan fingerprint density at radius 3 is 2.55 bits per heavy atom. The van der Waals surface area contributed by atoms with Crippen molar-refractivity contribution in [2.45, 2.75) is 82.4 Å². The van der Waals surface area contributed by atoms with Gasteiger partial charge in [0.2, 0.25) is 0 Å². The number of carbonyl (C=O) groups is 2. The molecule has 0 radical (unpaired) electrons. The molecular weight excluding hydrogens is 663 g/mol. The normalized spacial score (nSPS) is 13.0. The Balaban J connectivity index is 0.967. The highest BCUT2D eigenvalue weighted by Crippen LogP contribution is 2.39. The van der Waals surface area contributed by atoms with Crippen LogP contribution < -0.4 is 31.2 Å². The maximum absolute atomic E-state index is 12.4. The zero-order chi connectivity index (χ0) is 36.2. The number of hydrogen-bond acceptors (Lipinski definition) is 9. The maximum Gasteiger partial charge on any atom is 0.262 e. The molecule has 51 heavy (non-hydrogen) atoms. The molecule has 3 aromatic carbocycles. The second-order valence-electron chi connectivity index (χ2n) is 13.3. The van der Waals surface area contributed by atoms with E-state index < -0.39 is 5.91 Å². The summed E-state index contributed by atoms with van der Waals surface area (Å²) in [4.78, 5) is 29.7. The minimum atomic E-state index is -0.524. The molecule has 0 aliphatic carbocycles. The SMILES string of the molecule is COc1cccc(Nc2c(C(N)=O)cnc3c(C)cc(SCCCCCCCCCCCNC[C@H](C)c4cc(O)cc5c4OCC(=O)N5)cc23)c1. The van der Waals surface area contributed by atoms with Gasteiger partial charge in [0.25, 0.3) is 11.8 Å². The molecule has 1 aliphatic rings. The van der Waals surface area contributed by atoms with Gasteiger partial charge < -0.3 is 36.3 Å². The predicted molar refractivity (Wildman–Crippen MR) is 207 cm³/mol. The van der Waals surface area contributed by atoms with E-state index in [0.717, 1.165) is 70.0 Å². The summed E-state index contributed by atoms with van der Waals surface area (Å²) < 4.78 is 11.0. The second kappa shape index (κ2) is 18.7. The van der Waals surface area contributed by atoms with Gasteiger partial charge in [0.05, 0.1) is 29.6 Å². The summed E-state index contributed by atoms with van der Waals surface area (Å²) in [5.41, 5.74) is 10.9. The van der Waals surface area contributed by atoms with Crippen LogP contribution in [0.4, 0.5) is 17.1 Å². The number of ether oxygens (including phenoxy) is 2. The van der Waals surface area contributed by atoms with Gasteiger partial charge in [-0.05, 0) is 73.9 Å². The smallest absolute Gasteiger partial charge is 0.262 e. The molecule has 0 spiro atoms. The molecular formula is C40H51N5O5S. The minimum Gasteiger partial charge on any atom is -0.508 e. The first-order valence-corrected chi connectivity index (χ1v) is 19.0. The molecule has 10 nitrogen and oxygen atoms in total. The second-order valence-corrected chi connectivity index (χ2v) is 14.5. The lowest BCUT2D eigenvalue weighted by Crippen LogP contribution is -2.27. The van der Waals surface area contributed by atoms with Crippen LogP contribution in [0.1, 0.15) is 92.1 Å². The molecule has 1 aliphatic heterocycles. The van der Waals surface area contributed by atoms with Gasteiger partial charge in [0.1, 0.15) is 17.2 Å². The van der Waals surface area contributed by atoms with Gasteiger partial charge in [-0.2, -0.15) is 0 Å². The molecule has 1 atom stereocenters. The first-order valence-electron chi connectivity index (χ1n) is 18.0. The summed E-state index contributed by atoms with van der Waals surface area (Å²) in [6.07, 6.45) is 12.6. The lowest BCUT2D eigenvalue weighted by molar-refractivity contribution is -0.118. The lowest BCUT2D eigenvalue weighted by Gasteiger charge is -2.24. The molecule has 6 N–H and O–H groups in total. The van der Waals surface area contributed by atoms with Gasteiger partial charge in [0, 0.05) is 46.4 Å². The van der Waals surface area contributed by atoms with Gasteiger partial charge in [-0.25, -0.2) is 0 Å². The largest absolute Gasteiger partial charge is 0.508 e. The molecule has 2 heterocycles. The standard InChI is InChI=1S/C40H51N5O5S/c1-26-18-31(22-33-37(26)43-24-34(40(41)48)38(33)44-28-14-13-15-30(19-28)49-3)51-17-12-10-8-6-4-5-7-9-11-16-42-23-27(2)32-20-29(46)21-35-39(32)50-25-36(47)45-35/h13-15,18-22,24,27,42,46H,4-12,16-17,23,25H2,1-3H3,(H2,41,48)(H,43,44)(H,45,47)/t27-/m0/s1. The summed E-state index contributed by atoms with van der Waals surface area (Å²) in [6.45, 7) is 5.90. The van der Waals surface area contributed by atoms with Crippen molar-refractivity contribution in [3.63, 3.8) is 0 Å². The monoisotopic (exact) mass is 713 g/mol. The highest BCUT2D eigenvalue weighted by molar-refractivity contribution is 7.99. The number of aromatic hydroxyl groups is 1. The molecule has 11 heteroatoms. The number of benzene rings is 3. The molecule has 0 fully saturated rings. The van der Waals surface area contributed by atoms with E-state index in [1.165, 1.54) is 51.0 Å². The van der Waals surface area contributed by atoms with E-state index in [2.05, 4.69) is 46.9 Å². The van der Waals surface area contributed by atoms with Crippen molar-refractivity contribution in [3.8, 4) is 17.2 Å². The van der Waals surface area contributed by atoms with E-state index in [-0.39, 0.29) is 24.2 Å². The maximum atomic E-state index is 12.4. The van der Waals surface area contributed by atoms with Crippen LogP contribution in [0, 0.1) is 6.92 Å². The topological polar surface area (TPSA) is 148 Å². The van der Waals surface area contributed by atoms with E-state index in [1.54, 1.807) is 19.4 Å². The Morgan fingerprint density at radius 1 is 1.06 bits per heavy atom. The fourth-order valence-electron chi connectivity index (χ4n) is 6.48. The summed E-state index contributed by atoms with van der Waals surface area (Å²) in [5.74, 6) is 1.96. The number of nitrogens with zero attached hydrogens (tertiary/aromatic N) is 1. The third kappa shape index (κ3) is 10.5. The highest BCUT2D eigenvalue weighted by Gasteiger charge is 2.23. The van der Waals surface area contributed by atoms with Crippen LogP contribution in [-0.4, -0.2) is 54.5 Å². The number of phenols is 1. The Labute approximate surface area is 305 Å². The van der Waals surface area contributed by atoms with Crippen molar-refractivity contribution in [2.75, 3.05) is 43.2 Å². The van der Waals surface area contributed by atoms with Crippen LogP contribution >= 0.6 is 11.8 Å². The molecule has 0 saturated carbocycles. The number of nitrogens with one attached hydrogen (secondary N) is 3. The van der Waals surface area contributed by atoms with Gasteiger partial charge >= 0.3 is 0 Å². The summed E-state index contributed by atoms with van der Waals surface area (Å²) in [7, 11) is 1.63. The number of methoxy groups -OCH3 is 1. The molecule has 1 aromatic heterocycles. The van der Waals surface area contributed by atoms with Crippen LogP contribution in [0.2, 0.25) is 0 Å². The predicted octanol–water partition coefficient (Wildman–Crippen LogP) is 8.43. The van der Waals surface area contributed by atoms with Crippen molar-refractivity contribution in [3.05, 3.63) is 71.4 Å². The number of thioether (sulfide) groups is 1. The van der Waals surface area contributed by atoms with Crippen molar-refractivity contribution < 1.29 is 24.2 Å². The first kappa shape index (κ1) is 37.8. The highest BCUT2D eigenvalue weighted by atomic mass is 32.2. The average molecular weight is 714 g/mol. The Bertz CT molecular complexity index is 1820. The number of unbranched alkanes of at least 4 members (excludes halogenated alkanes) is 8. The van der Waals surface area contributed by atoms with E-state index >= 15 is 0 Å². The molecule has 272 valence electrons. The number of amides is 2. The summed E-state index contributed by atoms with van der Waals surface area (Å²) in [6, 6.07) is 15.1. The molecule has 0 unspecified atom stereocenters. The van der Waals surface area contributed by atoms with Crippen LogP contribution in [0.3, 0.4) is 0 Å². The number of aryl methyl sites for hydroxylation is 1.